The van der Waals surface area contributed by atoms with E-state index in [1.807, 2.05) is 0 Å². The summed E-state index contributed by atoms with van der Waals surface area (Å²) >= 11 is 0. The lowest BCUT2D eigenvalue weighted by atomic mass is 10.0. The minimum absolute atomic E-state index is 0.337. The van der Waals surface area contributed by atoms with Gasteiger partial charge in [-0.25, -0.2) is 0 Å². The Morgan fingerprint density at radius 3 is 2.29 bits per heavy atom. The monoisotopic (exact) mass is 233 g/mol. The number of rotatable bonds is 9. The van der Waals surface area contributed by atoms with Crippen molar-refractivity contribution in [1.29, 1.82) is 0 Å². The van der Waals surface area contributed by atoms with Crippen molar-refractivity contribution in [2.24, 2.45) is 5.73 Å². The van der Waals surface area contributed by atoms with Crippen molar-refractivity contribution in [3.8, 4) is 0 Å². The van der Waals surface area contributed by atoms with Crippen LogP contribution >= 0.6 is 0 Å². The molecule has 1 rings (SSSR count). The first-order chi connectivity index (χ1) is 8.33. The molecule has 0 bridgehead atoms. The molecule has 0 aromatic heterocycles. The van der Waals surface area contributed by atoms with Crippen LogP contribution in [0, 0.1) is 0 Å². The van der Waals surface area contributed by atoms with Crippen molar-refractivity contribution in [3.63, 3.8) is 0 Å². The predicted molar refractivity (Wildman–Crippen MR) is 76.1 cm³/mol. The maximum Gasteiger partial charge on any atom is 0.00793 e. The fourth-order valence-electron chi connectivity index (χ4n) is 2.21. The largest absolute Gasteiger partial charge is 0.327 e. The molecule has 2 N–H and O–H groups in total. The third kappa shape index (κ3) is 7.17. The average Bonchev–Trinajstić information content (AvgIpc) is 2.35. The van der Waals surface area contributed by atoms with Crippen LogP contribution in [0.5, 0.6) is 0 Å². The van der Waals surface area contributed by atoms with Crippen LogP contribution in [0.3, 0.4) is 0 Å². The highest BCUT2D eigenvalue weighted by atomic mass is 14.6. The van der Waals surface area contributed by atoms with Gasteiger partial charge in [-0.2, -0.15) is 0 Å². The van der Waals surface area contributed by atoms with E-state index in [2.05, 4.69) is 37.3 Å². The summed E-state index contributed by atoms with van der Waals surface area (Å²) in [5.41, 5.74) is 7.51. The van der Waals surface area contributed by atoms with Crippen molar-refractivity contribution in [2.75, 3.05) is 0 Å². The Labute approximate surface area is 106 Å². The zero-order chi connectivity index (χ0) is 12.3. The number of benzene rings is 1. The van der Waals surface area contributed by atoms with E-state index < -0.39 is 0 Å². The van der Waals surface area contributed by atoms with E-state index in [0.29, 0.717) is 6.04 Å². The first-order valence-corrected chi connectivity index (χ1v) is 7.12. The van der Waals surface area contributed by atoms with Gasteiger partial charge in [-0.05, 0) is 18.4 Å². The molecule has 0 saturated heterocycles. The summed E-state index contributed by atoms with van der Waals surface area (Å²) in [5.74, 6) is 0. The van der Waals surface area contributed by atoms with Gasteiger partial charge in [0.05, 0.1) is 0 Å². The van der Waals surface area contributed by atoms with Gasteiger partial charge in [-0.15, -0.1) is 0 Å². The van der Waals surface area contributed by atoms with Crippen molar-refractivity contribution in [2.45, 2.75) is 64.3 Å². The summed E-state index contributed by atoms with van der Waals surface area (Å²) in [4.78, 5) is 0. The molecule has 0 aliphatic heterocycles. The van der Waals surface area contributed by atoms with Crippen molar-refractivity contribution < 1.29 is 0 Å². The molecule has 1 aromatic rings. The minimum atomic E-state index is 0.337. The maximum atomic E-state index is 6.15. The zero-order valence-electron chi connectivity index (χ0n) is 11.2. The fraction of sp³-hybridized carbons (Fsp3) is 0.625. The molecule has 0 heterocycles. The quantitative estimate of drug-likeness (QED) is 0.632. The van der Waals surface area contributed by atoms with Gasteiger partial charge in [0.1, 0.15) is 0 Å². The number of unbranched alkanes of at least 4 members (excludes halogenated alkanes) is 5. The van der Waals surface area contributed by atoms with Gasteiger partial charge in [0.2, 0.25) is 0 Å². The average molecular weight is 233 g/mol. The van der Waals surface area contributed by atoms with Gasteiger partial charge in [-0.1, -0.05) is 75.8 Å². The molecule has 0 saturated carbocycles. The Bertz CT molecular complexity index is 268. The summed E-state index contributed by atoms with van der Waals surface area (Å²) in [6.07, 6.45) is 10.3. The highest BCUT2D eigenvalue weighted by Gasteiger charge is 2.03. The Balaban J connectivity index is 2.03. The lowest BCUT2D eigenvalue weighted by molar-refractivity contribution is 0.532. The zero-order valence-corrected chi connectivity index (χ0v) is 11.2. The van der Waals surface area contributed by atoms with Crippen molar-refractivity contribution in [1.82, 2.24) is 0 Å². The molecule has 17 heavy (non-hydrogen) atoms. The van der Waals surface area contributed by atoms with E-state index in [4.69, 9.17) is 5.73 Å². The lowest BCUT2D eigenvalue weighted by Gasteiger charge is -2.11. The lowest BCUT2D eigenvalue weighted by Crippen LogP contribution is -2.22. The van der Waals surface area contributed by atoms with Crippen LogP contribution in [0.4, 0.5) is 0 Å². The molecule has 0 spiro atoms. The standard InChI is InChI=1S/C16H27N/c1-2-3-4-5-6-10-13-16(17)14-15-11-8-7-9-12-15/h7-9,11-12,16H,2-6,10,13-14,17H2,1H3. The van der Waals surface area contributed by atoms with Gasteiger partial charge in [0.15, 0.2) is 0 Å². The number of nitrogens with two attached hydrogens (primary N) is 1. The van der Waals surface area contributed by atoms with E-state index in [1.165, 1.54) is 50.5 Å². The van der Waals surface area contributed by atoms with Crippen LogP contribution in [0.25, 0.3) is 0 Å². The Kier molecular flexibility index (Phi) is 7.74. The third-order valence-corrected chi connectivity index (χ3v) is 3.27. The van der Waals surface area contributed by atoms with E-state index in [1.54, 1.807) is 0 Å². The third-order valence-electron chi connectivity index (χ3n) is 3.27. The molecular formula is C16H27N. The smallest absolute Gasteiger partial charge is 0.00793 e. The van der Waals surface area contributed by atoms with Crippen LogP contribution in [0.2, 0.25) is 0 Å². The maximum absolute atomic E-state index is 6.15. The van der Waals surface area contributed by atoms with Crippen LogP contribution < -0.4 is 5.73 Å². The van der Waals surface area contributed by atoms with Crippen LogP contribution in [-0.2, 0) is 6.42 Å². The van der Waals surface area contributed by atoms with E-state index >= 15 is 0 Å². The van der Waals surface area contributed by atoms with Crippen LogP contribution in [-0.4, -0.2) is 6.04 Å². The molecule has 96 valence electrons. The predicted octanol–water partition coefficient (Wildman–Crippen LogP) is 4.31. The molecule has 0 radical (unpaired) electrons. The molecule has 0 amide bonds. The molecule has 1 nitrogen and oxygen atoms in total. The second-order valence-corrected chi connectivity index (χ2v) is 5.01. The van der Waals surface area contributed by atoms with E-state index in [9.17, 15) is 0 Å². The van der Waals surface area contributed by atoms with Gasteiger partial charge in [-0.3, -0.25) is 0 Å². The molecule has 0 aliphatic carbocycles. The van der Waals surface area contributed by atoms with Crippen molar-refractivity contribution >= 4 is 0 Å². The van der Waals surface area contributed by atoms with Gasteiger partial charge >= 0.3 is 0 Å². The molecule has 1 heteroatoms. The van der Waals surface area contributed by atoms with Gasteiger partial charge in [0, 0.05) is 6.04 Å². The second-order valence-electron chi connectivity index (χ2n) is 5.01. The SMILES string of the molecule is CCCCCCCCC(N)Cc1ccccc1. The Hall–Kier alpha value is -0.820. The topological polar surface area (TPSA) is 26.0 Å². The molecule has 0 fully saturated rings. The van der Waals surface area contributed by atoms with Gasteiger partial charge in [0.25, 0.3) is 0 Å². The van der Waals surface area contributed by atoms with Crippen molar-refractivity contribution in [3.05, 3.63) is 35.9 Å². The van der Waals surface area contributed by atoms with Crippen LogP contribution in [0.15, 0.2) is 30.3 Å². The molecular weight excluding hydrogens is 206 g/mol. The van der Waals surface area contributed by atoms with Gasteiger partial charge < -0.3 is 5.73 Å². The summed E-state index contributed by atoms with van der Waals surface area (Å²) in [6, 6.07) is 10.9. The van der Waals surface area contributed by atoms with E-state index in [0.717, 1.165) is 6.42 Å². The highest BCUT2D eigenvalue weighted by molar-refractivity contribution is 5.15. The normalized spacial score (nSPS) is 12.6. The van der Waals surface area contributed by atoms with E-state index in [-0.39, 0.29) is 0 Å². The number of hydrogen-bond acceptors (Lipinski definition) is 1. The molecule has 1 atom stereocenters. The molecule has 1 aromatic carbocycles. The molecule has 0 aliphatic rings. The second kappa shape index (κ2) is 9.23. The number of hydrogen-bond donors (Lipinski definition) is 1. The summed E-state index contributed by atoms with van der Waals surface area (Å²) in [5, 5.41) is 0. The van der Waals surface area contributed by atoms with Crippen LogP contribution in [0.1, 0.15) is 57.4 Å². The Morgan fingerprint density at radius 2 is 1.59 bits per heavy atom. The first kappa shape index (κ1) is 14.2. The summed E-state index contributed by atoms with van der Waals surface area (Å²) in [6.45, 7) is 2.26. The Morgan fingerprint density at radius 1 is 0.941 bits per heavy atom. The fourth-order valence-corrected chi connectivity index (χ4v) is 2.21. The summed E-state index contributed by atoms with van der Waals surface area (Å²) < 4.78 is 0. The first-order valence-electron chi connectivity index (χ1n) is 7.12. The highest BCUT2D eigenvalue weighted by Crippen LogP contribution is 2.10. The summed E-state index contributed by atoms with van der Waals surface area (Å²) in [7, 11) is 0. The minimum Gasteiger partial charge on any atom is -0.327 e. The molecule has 1 unspecified atom stereocenters.